The van der Waals surface area contributed by atoms with Crippen molar-refractivity contribution in [2.24, 2.45) is 0 Å². The molecular formula is C16H22N4O6S. The smallest absolute Gasteiger partial charge is 0.273 e. The monoisotopic (exact) mass is 398 g/mol. The molecule has 27 heavy (non-hydrogen) atoms. The van der Waals surface area contributed by atoms with Gasteiger partial charge in [0, 0.05) is 38.3 Å². The van der Waals surface area contributed by atoms with Gasteiger partial charge in [-0.2, -0.15) is 4.31 Å². The molecule has 2 fully saturated rings. The van der Waals surface area contributed by atoms with E-state index in [1.54, 1.807) is 4.90 Å². The molecule has 2 aliphatic heterocycles. The van der Waals surface area contributed by atoms with Crippen LogP contribution in [-0.4, -0.2) is 74.3 Å². The number of amides is 1. The van der Waals surface area contributed by atoms with Crippen molar-refractivity contribution in [2.45, 2.75) is 23.8 Å². The minimum Gasteiger partial charge on any atom is -0.495 e. The predicted octanol–water partition coefficient (Wildman–Crippen LogP) is 0.188. The van der Waals surface area contributed by atoms with E-state index < -0.39 is 14.9 Å². The third-order valence-electron chi connectivity index (χ3n) is 4.90. The first-order chi connectivity index (χ1) is 12.8. The van der Waals surface area contributed by atoms with E-state index >= 15 is 0 Å². The lowest BCUT2D eigenvalue weighted by Crippen LogP contribution is -2.57. The summed E-state index contributed by atoms with van der Waals surface area (Å²) in [4.78, 5) is 24.1. The Labute approximate surface area is 157 Å². The van der Waals surface area contributed by atoms with Crippen LogP contribution in [0.25, 0.3) is 0 Å². The summed E-state index contributed by atoms with van der Waals surface area (Å²) >= 11 is 0. The van der Waals surface area contributed by atoms with Gasteiger partial charge in [0.05, 0.1) is 24.6 Å². The summed E-state index contributed by atoms with van der Waals surface area (Å²) < 4.78 is 32.7. The first-order valence-electron chi connectivity index (χ1n) is 8.67. The van der Waals surface area contributed by atoms with Crippen LogP contribution in [0.3, 0.4) is 0 Å². The van der Waals surface area contributed by atoms with E-state index in [1.807, 2.05) is 0 Å². The van der Waals surface area contributed by atoms with E-state index in [9.17, 15) is 23.3 Å². The summed E-state index contributed by atoms with van der Waals surface area (Å²) in [6.45, 7) is 2.04. The van der Waals surface area contributed by atoms with Crippen molar-refractivity contribution in [1.82, 2.24) is 14.5 Å². The van der Waals surface area contributed by atoms with Gasteiger partial charge in [-0.3, -0.25) is 14.9 Å². The van der Waals surface area contributed by atoms with Crippen LogP contribution >= 0.6 is 0 Å². The molecule has 0 bridgehead atoms. The highest BCUT2D eigenvalue weighted by molar-refractivity contribution is 7.89. The number of nitro groups is 1. The van der Waals surface area contributed by atoms with Gasteiger partial charge >= 0.3 is 0 Å². The highest BCUT2D eigenvalue weighted by Crippen LogP contribution is 2.32. The Morgan fingerprint density at radius 1 is 1.33 bits per heavy atom. The Morgan fingerprint density at radius 3 is 2.78 bits per heavy atom. The Kier molecular flexibility index (Phi) is 5.63. The molecule has 2 aliphatic rings. The van der Waals surface area contributed by atoms with Gasteiger partial charge in [0.15, 0.2) is 0 Å². The van der Waals surface area contributed by atoms with Gasteiger partial charge in [-0.1, -0.05) is 0 Å². The van der Waals surface area contributed by atoms with E-state index in [4.69, 9.17) is 4.74 Å². The van der Waals surface area contributed by atoms with Gasteiger partial charge in [0.1, 0.15) is 10.6 Å². The molecule has 3 rings (SSSR count). The number of methoxy groups -OCH3 is 1. The zero-order chi connectivity index (χ0) is 19.6. The second-order valence-corrected chi connectivity index (χ2v) is 8.42. The molecule has 0 aliphatic carbocycles. The number of hydrogen-bond acceptors (Lipinski definition) is 7. The molecule has 1 amide bonds. The van der Waals surface area contributed by atoms with Crippen molar-refractivity contribution >= 4 is 21.6 Å². The summed E-state index contributed by atoms with van der Waals surface area (Å²) in [5.74, 6) is -0.0945. The van der Waals surface area contributed by atoms with E-state index in [0.717, 1.165) is 18.6 Å². The number of piperazine rings is 1. The van der Waals surface area contributed by atoms with E-state index in [1.165, 1.54) is 17.5 Å². The maximum Gasteiger partial charge on any atom is 0.273 e. The van der Waals surface area contributed by atoms with Gasteiger partial charge in [0.25, 0.3) is 5.69 Å². The standard InChI is InChI=1S/C16H22N4O6S/c1-26-14-9-12(20(22)23)4-5-15(14)27(24,25)18-7-2-3-13(11-18)19-8-6-17-10-16(19)21/h4-5,9,13,17H,2-3,6-8,10-11H2,1H3. The number of piperidine rings is 1. The van der Waals surface area contributed by atoms with Crippen LogP contribution in [-0.2, 0) is 14.8 Å². The molecule has 1 aromatic rings. The summed E-state index contributed by atoms with van der Waals surface area (Å²) in [5.41, 5.74) is -0.242. The van der Waals surface area contributed by atoms with Crippen LogP contribution in [0.15, 0.2) is 23.1 Å². The minimum atomic E-state index is -3.90. The van der Waals surface area contributed by atoms with Gasteiger partial charge in [-0.25, -0.2) is 8.42 Å². The number of carbonyl (C=O) groups excluding carboxylic acids is 1. The Hall–Kier alpha value is -2.24. The van der Waals surface area contributed by atoms with Crippen LogP contribution in [0, 0.1) is 10.1 Å². The maximum atomic E-state index is 13.1. The van der Waals surface area contributed by atoms with Gasteiger partial charge in [-0.15, -0.1) is 0 Å². The number of hydrogen-bond donors (Lipinski definition) is 1. The number of carbonyl (C=O) groups is 1. The first-order valence-corrected chi connectivity index (χ1v) is 10.1. The average molecular weight is 398 g/mol. The Morgan fingerprint density at radius 2 is 2.11 bits per heavy atom. The molecule has 10 nitrogen and oxygen atoms in total. The SMILES string of the molecule is COc1cc([N+](=O)[O-])ccc1S(=O)(=O)N1CCCC(N2CCNCC2=O)C1. The van der Waals surface area contributed by atoms with Gasteiger partial charge in [0.2, 0.25) is 15.9 Å². The van der Waals surface area contributed by atoms with Crippen LogP contribution in [0.2, 0.25) is 0 Å². The van der Waals surface area contributed by atoms with Gasteiger partial charge < -0.3 is 15.0 Å². The zero-order valence-electron chi connectivity index (χ0n) is 15.0. The van der Waals surface area contributed by atoms with E-state index in [2.05, 4.69) is 5.32 Å². The molecule has 1 unspecified atom stereocenters. The van der Waals surface area contributed by atoms with Crippen LogP contribution < -0.4 is 10.1 Å². The van der Waals surface area contributed by atoms with Crippen molar-refractivity contribution in [2.75, 3.05) is 39.8 Å². The van der Waals surface area contributed by atoms with E-state index in [-0.39, 0.29) is 41.4 Å². The summed E-state index contributed by atoms with van der Waals surface area (Å²) in [6, 6.07) is 3.28. The lowest BCUT2D eigenvalue weighted by atomic mass is 10.1. The second kappa shape index (κ2) is 7.79. The highest BCUT2D eigenvalue weighted by atomic mass is 32.2. The van der Waals surface area contributed by atoms with Crippen molar-refractivity contribution in [3.63, 3.8) is 0 Å². The third kappa shape index (κ3) is 3.89. The maximum absolute atomic E-state index is 13.1. The fraction of sp³-hybridized carbons (Fsp3) is 0.562. The molecule has 0 aromatic heterocycles. The largest absolute Gasteiger partial charge is 0.495 e. The quantitative estimate of drug-likeness (QED) is 0.555. The molecule has 2 saturated heterocycles. The van der Waals surface area contributed by atoms with Crippen molar-refractivity contribution in [1.29, 1.82) is 0 Å². The Bertz CT molecular complexity index is 843. The summed E-state index contributed by atoms with van der Waals surface area (Å²) in [5, 5.41) is 13.9. The topological polar surface area (TPSA) is 122 Å². The molecule has 2 heterocycles. The molecule has 0 radical (unpaired) electrons. The van der Waals surface area contributed by atoms with Crippen LogP contribution in [0.5, 0.6) is 5.75 Å². The molecule has 11 heteroatoms. The second-order valence-electron chi connectivity index (χ2n) is 6.52. The number of ether oxygens (including phenoxy) is 1. The molecule has 1 aromatic carbocycles. The molecule has 148 valence electrons. The number of nitrogens with one attached hydrogen (secondary N) is 1. The first kappa shape index (κ1) is 19.5. The number of non-ortho nitro benzene ring substituents is 1. The predicted molar refractivity (Wildman–Crippen MR) is 96.0 cm³/mol. The lowest BCUT2D eigenvalue weighted by Gasteiger charge is -2.40. The molecule has 1 N–H and O–H groups in total. The fourth-order valence-electron chi connectivity index (χ4n) is 3.52. The molecular weight excluding hydrogens is 376 g/mol. The van der Waals surface area contributed by atoms with Gasteiger partial charge in [-0.05, 0) is 18.9 Å². The number of sulfonamides is 1. The lowest BCUT2D eigenvalue weighted by molar-refractivity contribution is -0.385. The van der Waals surface area contributed by atoms with Crippen LogP contribution in [0.4, 0.5) is 5.69 Å². The molecule has 1 atom stereocenters. The van der Waals surface area contributed by atoms with Crippen molar-refractivity contribution in [3.05, 3.63) is 28.3 Å². The number of rotatable bonds is 5. The number of nitro benzene ring substituents is 1. The average Bonchev–Trinajstić information content (AvgIpc) is 2.67. The van der Waals surface area contributed by atoms with Crippen molar-refractivity contribution < 1.29 is 22.9 Å². The summed E-state index contributed by atoms with van der Waals surface area (Å²) in [6.07, 6.45) is 1.38. The number of benzene rings is 1. The minimum absolute atomic E-state index is 0.0292. The Balaban J connectivity index is 1.86. The normalized spacial score (nSPS) is 21.9. The van der Waals surface area contributed by atoms with E-state index in [0.29, 0.717) is 26.1 Å². The number of nitrogens with zero attached hydrogens (tertiary/aromatic N) is 3. The zero-order valence-corrected chi connectivity index (χ0v) is 15.8. The molecule has 0 saturated carbocycles. The highest BCUT2D eigenvalue weighted by Gasteiger charge is 2.36. The molecule has 0 spiro atoms. The van der Waals surface area contributed by atoms with Crippen LogP contribution in [0.1, 0.15) is 12.8 Å². The third-order valence-corrected chi connectivity index (χ3v) is 6.81. The van der Waals surface area contributed by atoms with Crippen molar-refractivity contribution in [3.8, 4) is 5.75 Å². The summed E-state index contributed by atoms with van der Waals surface area (Å²) in [7, 11) is -2.63. The fourth-order valence-corrected chi connectivity index (χ4v) is 5.18.